The average Bonchev–Trinajstić information content (AvgIpc) is 3.22. The van der Waals surface area contributed by atoms with E-state index < -0.39 is 0 Å². The molecule has 0 radical (unpaired) electrons. The van der Waals surface area contributed by atoms with Crippen LogP contribution in [0.1, 0.15) is 272 Å². The largest absolute Gasteiger partial charge is 0.356 e. The van der Waals surface area contributed by atoms with E-state index in [0.29, 0.717) is 43.7 Å². The summed E-state index contributed by atoms with van der Waals surface area (Å²) in [4.78, 5) is 43.4. The Balaban J connectivity index is 4.61. The molecule has 0 bridgehead atoms. The predicted octanol–water partition coefficient (Wildman–Crippen LogP) is 14.7. The number of amides is 1. The summed E-state index contributed by atoms with van der Waals surface area (Å²) in [5.74, 6) is 0.908. The van der Waals surface area contributed by atoms with Crippen LogP contribution < -0.4 is 5.32 Å². The number of nitrogens with zero attached hydrogens (tertiary/aromatic N) is 2. The number of Topliss-reactive ketones (excluding diaryl/α,β-unsaturated/α-hetero) is 2. The molecule has 6 heteroatoms. The standard InChI is InChI=1S/C52H103N3O3/c1-5-9-12-15-18-21-24-26-29-32-35-38-50(56)40-45-55(46-41-51(57)39-36-33-30-27-25-22-19-16-13-10-6-2)49-48-54(44-8-4)47-42-52(58)53-43-37-34-31-28-23-20-17-14-11-7-3/h5-49H2,1-4H3,(H,53,58). The monoisotopic (exact) mass is 818 g/mol. The molecule has 0 aliphatic rings. The summed E-state index contributed by atoms with van der Waals surface area (Å²) >= 11 is 0. The second-order valence-corrected chi connectivity index (χ2v) is 18.1. The lowest BCUT2D eigenvalue weighted by Crippen LogP contribution is -2.39. The Bertz CT molecular complexity index is 838. The molecule has 0 aromatic rings. The SMILES string of the molecule is CCCCCCCCCCCCCC(=O)CCN(CCC(=O)CCCCCCCCCCCCC)CCN(CCC)CCC(=O)NCCCCCCCCCCCC. The Morgan fingerprint density at radius 2 is 0.586 bits per heavy atom. The Labute approximate surface area is 363 Å². The van der Waals surface area contributed by atoms with Gasteiger partial charge in [-0.05, 0) is 32.2 Å². The molecule has 0 saturated carbocycles. The van der Waals surface area contributed by atoms with Crippen molar-refractivity contribution in [2.75, 3.05) is 45.8 Å². The van der Waals surface area contributed by atoms with Crippen LogP contribution in [0.25, 0.3) is 0 Å². The van der Waals surface area contributed by atoms with Gasteiger partial charge in [0.1, 0.15) is 11.6 Å². The van der Waals surface area contributed by atoms with Gasteiger partial charge in [0.2, 0.25) is 5.91 Å². The van der Waals surface area contributed by atoms with E-state index in [4.69, 9.17) is 0 Å². The van der Waals surface area contributed by atoms with E-state index >= 15 is 0 Å². The van der Waals surface area contributed by atoms with Crippen molar-refractivity contribution in [1.29, 1.82) is 0 Å². The molecular formula is C52H103N3O3. The van der Waals surface area contributed by atoms with Crippen LogP contribution in [0.5, 0.6) is 0 Å². The van der Waals surface area contributed by atoms with E-state index in [1.807, 2.05) is 0 Å². The van der Waals surface area contributed by atoms with E-state index in [1.54, 1.807) is 0 Å². The second-order valence-electron chi connectivity index (χ2n) is 18.1. The molecule has 58 heavy (non-hydrogen) atoms. The minimum absolute atomic E-state index is 0.162. The molecule has 1 amide bonds. The molecule has 0 heterocycles. The van der Waals surface area contributed by atoms with Crippen LogP contribution in [-0.4, -0.2) is 73.1 Å². The lowest BCUT2D eigenvalue weighted by molar-refractivity contribution is -0.122. The fraction of sp³-hybridized carbons (Fsp3) is 0.942. The lowest BCUT2D eigenvalue weighted by atomic mass is 10.0. The van der Waals surface area contributed by atoms with Gasteiger partial charge in [0.25, 0.3) is 0 Å². The van der Waals surface area contributed by atoms with Crippen LogP contribution in [0.3, 0.4) is 0 Å². The van der Waals surface area contributed by atoms with Gasteiger partial charge in [-0.1, -0.05) is 214 Å². The molecule has 6 nitrogen and oxygen atoms in total. The van der Waals surface area contributed by atoms with Gasteiger partial charge in [-0.15, -0.1) is 0 Å². The maximum Gasteiger partial charge on any atom is 0.221 e. The van der Waals surface area contributed by atoms with Crippen molar-refractivity contribution >= 4 is 17.5 Å². The molecule has 0 aromatic carbocycles. The third-order valence-corrected chi connectivity index (χ3v) is 12.3. The zero-order valence-electron chi connectivity index (χ0n) is 39.9. The molecule has 344 valence electrons. The summed E-state index contributed by atoms with van der Waals surface area (Å²) in [6.45, 7) is 14.7. The number of rotatable bonds is 49. The quantitative estimate of drug-likeness (QED) is 0.0619. The highest BCUT2D eigenvalue weighted by atomic mass is 16.1. The maximum atomic E-state index is 13.0. The highest BCUT2D eigenvalue weighted by molar-refractivity contribution is 5.79. The fourth-order valence-corrected chi connectivity index (χ4v) is 8.25. The fourth-order valence-electron chi connectivity index (χ4n) is 8.25. The first-order valence-corrected chi connectivity index (χ1v) is 26.2. The summed E-state index contributed by atoms with van der Waals surface area (Å²) in [5, 5.41) is 3.17. The maximum absolute atomic E-state index is 13.0. The summed E-state index contributed by atoms with van der Waals surface area (Å²) in [6, 6.07) is 0. The average molecular weight is 818 g/mol. The minimum atomic E-state index is 0.162. The number of hydrogen-bond acceptors (Lipinski definition) is 5. The number of hydrogen-bond donors (Lipinski definition) is 1. The highest BCUT2D eigenvalue weighted by Crippen LogP contribution is 2.15. The van der Waals surface area contributed by atoms with Gasteiger partial charge in [0, 0.05) is 71.4 Å². The van der Waals surface area contributed by atoms with Crippen molar-refractivity contribution in [2.24, 2.45) is 0 Å². The molecule has 0 spiro atoms. The third kappa shape index (κ3) is 42.8. The number of unbranched alkanes of at least 4 members (excludes halogenated alkanes) is 29. The smallest absolute Gasteiger partial charge is 0.221 e. The molecular weight excluding hydrogens is 715 g/mol. The zero-order chi connectivity index (χ0) is 42.4. The van der Waals surface area contributed by atoms with E-state index in [0.717, 1.165) is 84.3 Å². The number of carbonyl (C=O) groups excluding carboxylic acids is 3. The van der Waals surface area contributed by atoms with Crippen molar-refractivity contribution in [3.63, 3.8) is 0 Å². The van der Waals surface area contributed by atoms with Gasteiger partial charge >= 0.3 is 0 Å². The molecule has 0 fully saturated rings. The van der Waals surface area contributed by atoms with Gasteiger partial charge in [-0.25, -0.2) is 0 Å². The number of ketones is 2. The molecule has 0 unspecified atom stereocenters. The summed E-state index contributed by atoms with van der Waals surface area (Å²) in [6.07, 6.45) is 45.8. The molecule has 0 aromatic heterocycles. The van der Waals surface area contributed by atoms with Crippen LogP contribution in [0.2, 0.25) is 0 Å². The Kier molecular flexibility index (Phi) is 45.8. The molecule has 0 atom stereocenters. The van der Waals surface area contributed by atoms with Crippen LogP contribution >= 0.6 is 0 Å². The van der Waals surface area contributed by atoms with E-state index in [2.05, 4.69) is 42.8 Å². The lowest BCUT2D eigenvalue weighted by Gasteiger charge is -2.27. The van der Waals surface area contributed by atoms with Crippen molar-refractivity contribution < 1.29 is 14.4 Å². The van der Waals surface area contributed by atoms with Gasteiger partial charge in [-0.2, -0.15) is 0 Å². The molecule has 0 aliphatic carbocycles. The van der Waals surface area contributed by atoms with Crippen LogP contribution in [0.15, 0.2) is 0 Å². The van der Waals surface area contributed by atoms with Crippen molar-refractivity contribution in [2.45, 2.75) is 272 Å². The minimum Gasteiger partial charge on any atom is -0.356 e. The summed E-state index contributed by atoms with van der Waals surface area (Å²) < 4.78 is 0. The van der Waals surface area contributed by atoms with E-state index in [1.165, 1.54) is 173 Å². The van der Waals surface area contributed by atoms with Gasteiger partial charge < -0.3 is 15.1 Å². The van der Waals surface area contributed by atoms with Gasteiger partial charge in [-0.3, -0.25) is 14.4 Å². The predicted molar refractivity (Wildman–Crippen MR) is 254 cm³/mol. The first-order chi connectivity index (χ1) is 28.5. The van der Waals surface area contributed by atoms with Crippen molar-refractivity contribution in [3.05, 3.63) is 0 Å². The molecule has 1 N–H and O–H groups in total. The summed E-state index contributed by atoms with van der Waals surface area (Å²) in [7, 11) is 0. The first-order valence-electron chi connectivity index (χ1n) is 26.2. The summed E-state index contributed by atoms with van der Waals surface area (Å²) in [5.41, 5.74) is 0. The Morgan fingerprint density at radius 1 is 0.293 bits per heavy atom. The van der Waals surface area contributed by atoms with Crippen LogP contribution in [0.4, 0.5) is 0 Å². The molecule has 0 rings (SSSR count). The zero-order valence-corrected chi connectivity index (χ0v) is 39.9. The van der Waals surface area contributed by atoms with E-state index in [-0.39, 0.29) is 5.91 Å². The Morgan fingerprint density at radius 3 is 0.931 bits per heavy atom. The van der Waals surface area contributed by atoms with Crippen molar-refractivity contribution in [3.8, 4) is 0 Å². The van der Waals surface area contributed by atoms with Crippen LogP contribution in [-0.2, 0) is 14.4 Å². The number of carbonyl (C=O) groups is 3. The van der Waals surface area contributed by atoms with Gasteiger partial charge in [0.05, 0.1) is 0 Å². The Hall–Kier alpha value is -1.27. The third-order valence-electron chi connectivity index (χ3n) is 12.3. The molecule has 0 aliphatic heterocycles. The number of nitrogens with one attached hydrogen (secondary N) is 1. The topological polar surface area (TPSA) is 69.7 Å². The normalized spacial score (nSPS) is 11.6. The second kappa shape index (κ2) is 46.8. The van der Waals surface area contributed by atoms with Crippen molar-refractivity contribution in [1.82, 2.24) is 15.1 Å². The van der Waals surface area contributed by atoms with Gasteiger partial charge in [0.15, 0.2) is 0 Å². The van der Waals surface area contributed by atoms with Crippen LogP contribution in [0, 0.1) is 0 Å². The first kappa shape index (κ1) is 56.7. The van der Waals surface area contributed by atoms with E-state index in [9.17, 15) is 14.4 Å². The molecule has 0 saturated heterocycles. The highest BCUT2D eigenvalue weighted by Gasteiger charge is 2.14.